The molecule has 0 aliphatic carbocycles. The second-order valence-corrected chi connectivity index (χ2v) is 8.76. The average molecular weight is 479 g/mol. The molecule has 34 heavy (non-hydrogen) atoms. The maximum Gasteiger partial charge on any atom is 0.270 e. The molecule has 8 nitrogen and oxygen atoms in total. The van der Waals surface area contributed by atoms with E-state index in [1.165, 1.54) is 11.3 Å². The van der Waals surface area contributed by atoms with Crippen LogP contribution in [0.25, 0.3) is 16.9 Å². The molecule has 1 aromatic carbocycles. The highest BCUT2D eigenvalue weighted by Gasteiger charge is 2.25. The van der Waals surface area contributed by atoms with Gasteiger partial charge in [0.05, 0.1) is 24.3 Å². The Bertz CT molecular complexity index is 1290. The predicted molar refractivity (Wildman–Crippen MR) is 131 cm³/mol. The molecule has 0 aliphatic rings. The number of amides is 2. The van der Waals surface area contributed by atoms with Crippen molar-refractivity contribution in [3.63, 3.8) is 0 Å². The van der Waals surface area contributed by atoms with Gasteiger partial charge in [-0.05, 0) is 54.6 Å². The van der Waals surface area contributed by atoms with Gasteiger partial charge < -0.3 is 20.8 Å². The molecule has 2 amide bonds. The second kappa shape index (κ2) is 10.1. The van der Waals surface area contributed by atoms with Crippen molar-refractivity contribution < 1.29 is 19.8 Å². The zero-order valence-electron chi connectivity index (χ0n) is 18.9. The maximum atomic E-state index is 13.2. The lowest BCUT2D eigenvalue weighted by Gasteiger charge is -2.15. The van der Waals surface area contributed by atoms with Crippen LogP contribution < -0.4 is 10.6 Å². The van der Waals surface area contributed by atoms with Crippen molar-refractivity contribution in [2.45, 2.75) is 32.4 Å². The highest BCUT2D eigenvalue weighted by atomic mass is 32.1. The van der Waals surface area contributed by atoms with Crippen LogP contribution in [0.15, 0.2) is 59.4 Å². The molecule has 3 heterocycles. The number of benzene rings is 1. The molecule has 9 heteroatoms. The number of aromatic nitrogens is 2. The summed E-state index contributed by atoms with van der Waals surface area (Å²) >= 11 is 1.49. The number of hydrogen-bond donors (Lipinski definition) is 4. The molecular weight excluding hydrogens is 452 g/mol. The third kappa shape index (κ3) is 4.66. The van der Waals surface area contributed by atoms with Crippen LogP contribution in [0.2, 0.25) is 0 Å². The number of thiophene rings is 1. The summed E-state index contributed by atoms with van der Waals surface area (Å²) in [6.45, 7) is 3.56. The summed E-state index contributed by atoms with van der Waals surface area (Å²) in [7, 11) is 0. The number of nitrogens with one attached hydrogen (secondary N) is 2. The molecule has 0 fully saturated rings. The second-order valence-electron chi connectivity index (χ2n) is 7.98. The molecule has 2 atom stereocenters. The van der Waals surface area contributed by atoms with E-state index in [1.807, 2.05) is 30.7 Å². The number of aromatic hydroxyl groups is 1. The molecule has 0 aliphatic heterocycles. The Morgan fingerprint density at radius 1 is 1.12 bits per heavy atom. The quantitative estimate of drug-likeness (QED) is 0.308. The van der Waals surface area contributed by atoms with Gasteiger partial charge in [0.25, 0.3) is 11.8 Å². The van der Waals surface area contributed by atoms with Crippen molar-refractivity contribution in [2.24, 2.45) is 0 Å². The topological polar surface area (TPSA) is 116 Å². The van der Waals surface area contributed by atoms with E-state index in [-0.39, 0.29) is 36.3 Å². The standard InChI is InChI=1S/C25H26N4O4S/c1-3-18(13-30)27-25(33)22-21(17-10-12-34-14-17)28-23-20(5-4-11-29(22)23)24(32)26-15(2)16-6-8-19(31)9-7-16/h4-12,14-15,18,30-31H,3,13H2,1-2H3,(H,26,32)(H,27,33)/t15?,18-/m0/s1. The molecule has 3 aromatic heterocycles. The summed E-state index contributed by atoms with van der Waals surface area (Å²) in [5.41, 5.74) is 3.09. The van der Waals surface area contributed by atoms with Crippen LogP contribution in [0.5, 0.6) is 5.75 Å². The summed E-state index contributed by atoms with van der Waals surface area (Å²) in [6, 6.07) is 11.2. The largest absolute Gasteiger partial charge is 0.508 e. The zero-order valence-corrected chi connectivity index (χ0v) is 19.7. The average Bonchev–Trinajstić information content (AvgIpc) is 3.50. The number of hydrogen-bond acceptors (Lipinski definition) is 6. The maximum absolute atomic E-state index is 13.2. The highest BCUT2D eigenvalue weighted by molar-refractivity contribution is 7.08. The molecular formula is C25H26N4O4S. The number of imidazole rings is 1. The number of aliphatic hydroxyl groups excluding tert-OH is 1. The Morgan fingerprint density at radius 2 is 1.88 bits per heavy atom. The van der Waals surface area contributed by atoms with Gasteiger partial charge in [-0.15, -0.1) is 0 Å². The molecule has 4 rings (SSSR count). The number of carbonyl (C=O) groups is 2. The van der Waals surface area contributed by atoms with E-state index in [0.29, 0.717) is 29.0 Å². The summed E-state index contributed by atoms with van der Waals surface area (Å²) in [6.07, 6.45) is 2.28. The number of fused-ring (bicyclic) bond motifs is 1. The van der Waals surface area contributed by atoms with Crippen LogP contribution in [0.3, 0.4) is 0 Å². The Labute approximate surface area is 200 Å². The van der Waals surface area contributed by atoms with E-state index in [1.54, 1.807) is 47.0 Å². The van der Waals surface area contributed by atoms with Crippen molar-refractivity contribution in [2.75, 3.05) is 6.61 Å². The van der Waals surface area contributed by atoms with Gasteiger partial charge in [-0.25, -0.2) is 4.98 Å². The first-order valence-electron chi connectivity index (χ1n) is 11.0. The molecule has 0 radical (unpaired) electrons. The first kappa shape index (κ1) is 23.5. The van der Waals surface area contributed by atoms with Crippen molar-refractivity contribution in [3.8, 4) is 17.0 Å². The van der Waals surface area contributed by atoms with Crippen molar-refractivity contribution in [1.29, 1.82) is 0 Å². The highest BCUT2D eigenvalue weighted by Crippen LogP contribution is 2.28. The Morgan fingerprint density at radius 3 is 2.53 bits per heavy atom. The van der Waals surface area contributed by atoms with Crippen LogP contribution in [-0.4, -0.2) is 44.1 Å². The van der Waals surface area contributed by atoms with Crippen LogP contribution in [-0.2, 0) is 0 Å². The number of phenolic OH excluding ortho intramolecular Hbond substituents is 1. The monoisotopic (exact) mass is 478 g/mol. The summed E-state index contributed by atoms with van der Waals surface area (Å²) in [4.78, 5) is 31.1. The predicted octanol–water partition coefficient (Wildman–Crippen LogP) is 3.76. The van der Waals surface area contributed by atoms with E-state index in [0.717, 1.165) is 11.1 Å². The van der Waals surface area contributed by atoms with Gasteiger partial charge in [0, 0.05) is 17.1 Å². The molecule has 4 N–H and O–H groups in total. The number of pyridine rings is 1. The van der Waals surface area contributed by atoms with Gasteiger partial charge in [-0.3, -0.25) is 14.0 Å². The lowest BCUT2D eigenvalue weighted by molar-refractivity contribution is 0.0906. The minimum Gasteiger partial charge on any atom is -0.508 e. The third-order valence-electron chi connectivity index (χ3n) is 5.69. The van der Waals surface area contributed by atoms with Crippen molar-refractivity contribution in [1.82, 2.24) is 20.0 Å². The lowest BCUT2D eigenvalue weighted by atomic mass is 10.1. The molecule has 4 aromatic rings. The van der Waals surface area contributed by atoms with Crippen LogP contribution >= 0.6 is 11.3 Å². The Hall–Kier alpha value is -3.69. The molecule has 0 saturated carbocycles. The number of aliphatic hydroxyl groups is 1. The number of nitrogens with zero attached hydrogens (tertiary/aromatic N) is 2. The van der Waals surface area contributed by atoms with E-state index >= 15 is 0 Å². The smallest absolute Gasteiger partial charge is 0.270 e. The number of carbonyl (C=O) groups excluding carboxylic acids is 2. The van der Waals surface area contributed by atoms with Gasteiger partial charge in [0.2, 0.25) is 0 Å². The van der Waals surface area contributed by atoms with Crippen LogP contribution in [0, 0.1) is 0 Å². The molecule has 1 unspecified atom stereocenters. The minimum atomic E-state index is -0.383. The fourth-order valence-electron chi connectivity index (χ4n) is 3.71. The number of phenols is 1. The van der Waals surface area contributed by atoms with Gasteiger partial charge >= 0.3 is 0 Å². The van der Waals surface area contributed by atoms with E-state index < -0.39 is 0 Å². The molecule has 0 bridgehead atoms. The summed E-state index contributed by atoms with van der Waals surface area (Å²) in [5.74, 6) is -0.547. The Balaban J connectivity index is 1.74. The van der Waals surface area contributed by atoms with Gasteiger partial charge in [-0.2, -0.15) is 11.3 Å². The van der Waals surface area contributed by atoms with E-state index in [9.17, 15) is 19.8 Å². The van der Waals surface area contributed by atoms with Crippen molar-refractivity contribution in [3.05, 3.63) is 76.2 Å². The Kier molecular flexibility index (Phi) is 6.95. The fraction of sp³-hybridized carbons (Fsp3) is 0.240. The fourth-order valence-corrected chi connectivity index (χ4v) is 4.35. The van der Waals surface area contributed by atoms with Crippen molar-refractivity contribution >= 4 is 28.8 Å². The molecule has 0 spiro atoms. The van der Waals surface area contributed by atoms with Gasteiger partial charge in [0.1, 0.15) is 17.1 Å². The van der Waals surface area contributed by atoms with Gasteiger partial charge in [-0.1, -0.05) is 19.1 Å². The normalized spacial score (nSPS) is 12.9. The van der Waals surface area contributed by atoms with Gasteiger partial charge in [0.15, 0.2) is 5.65 Å². The SMILES string of the molecule is CC[C@@H](CO)NC(=O)c1c(-c2ccsc2)nc2c(C(=O)NC(C)c3ccc(O)cc3)cccn12. The summed E-state index contributed by atoms with van der Waals surface area (Å²) in [5, 5.41) is 28.7. The third-order valence-corrected chi connectivity index (χ3v) is 6.38. The minimum absolute atomic E-state index is 0.155. The lowest BCUT2D eigenvalue weighted by Crippen LogP contribution is -2.37. The van der Waals surface area contributed by atoms with Crippen LogP contribution in [0.1, 0.15) is 52.7 Å². The first-order valence-corrected chi connectivity index (χ1v) is 11.9. The van der Waals surface area contributed by atoms with E-state index in [4.69, 9.17) is 4.98 Å². The van der Waals surface area contributed by atoms with Crippen LogP contribution in [0.4, 0.5) is 0 Å². The molecule has 0 saturated heterocycles. The zero-order chi connectivity index (χ0) is 24.2. The molecule has 176 valence electrons. The number of rotatable bonds is 8. The summed E-state index contributed by atoms with van der Waals surface area (Å²) < 4.78 is 1.62. The first-order chi connectivity index (χ1) is 16.4. The van der Waals surface area contributed by atoms with E-state index in [2.05, 4.69) is 10.6 Å².